The molecule has 0 fully saturated rings. The number of esters is 1. The van der Waals surface area contributed by atoms with E-state index in [2.05, 4.69) is 4.74 Å². The number of ether oxygens (including phenoxy) is 1. The number of hydrogen-bond acceptors (Lipinski definition) is 3. The van der Waals surface area contributed by atoms with Crippen molar-refractivity contribution in [1.29, 1.82) is 0 Å². The zero-order chi connectivity index (χ0) is 10.6. The minimum absolute atomic E-state index is 0.136. The van der Waals surface area contributed by atoms with E-state index in [0.29, 0.717) is 5.69 Å². The Hall–Kier alpha value is -1.29. The van der Waals surface area contributed by atoms with Crippen molar-refractivity contribution >= 4 is 23.3 Å². The van der Waals surface area contributed by atoms with Gasteiger partial charge in [0.25, 0.3) is 0 Å². The predicted molar refractivity (Wildman–Crippen MR) is 52.1 cm³/mol. The highest BCUT2D eigenvalue weighted by atomic mass is 35.5. The van der Waals surface area contributed by atoms with Crippen LogP contribution in [0.25, 0.3) is 0 Å². The molecule has 0 heterocycles. The smallest absolute Gasteiger partial charge is 0.339 e. The number of anilines is 1. The van der Waals surface area contributed by atoms with E-state index in [4.69, 9.17) is 17.3 Å². The molecule has 0 aliphatic carbocycles. The molecule has 0 aliphatic heterocycles. The van der Waals surface area contributed by atoms with Crippen LogP contribution in [0.3, 0.4) is 0 Å². The molecule has 0 unspecified atom stereocenters. The number of carbonyl (C=O) groups is 1. The largest absolute Gasteiger partial charge is 0.459 e. The summed E-state index contributed by atoms with van der Waals surface area (Å²) in [5.74, 6) is -0.667. The van der Waals surface area contributed by atoms with Crippen LogP contribution >= 0.6 is 11.6 Å². The molecule has 0 bridgehead atoms. The van der Waals surface area contributed by atoms with Crippen LogP contribution in [0.2, 0.25) is 5.02 Å². The average Bonchev–Trinajstić information content (AvgIpc) is 2.18. The quantitative estimate of drug-likeness (QED) is 0.623. The van der Waals surface area contributed by atoms with Crippen molar-refractivity contribution in [2.45, 2.75) is 0 Å². The Morgan fingerprint density at radius 1 is 1.57 bits per heavy atom. The second-order valence-corrected chi connectivity index (χ2v) is 2.91. The molecule has 3 nitrogen and oxygen atoms in total. The summed E-state index contributed by atoms with van der Waals surface area (Å²) in [5.41, 5.74) is 5.92. The third kappa shape index (κ3) is 2.35. The highest BCUT2D eigenvalue weighted by molar-refractivity contribution is 6.36. The number of nitrogen functional groups attached to an aromatic ring is 1. The zero-order valence-electron chi connectivity index (χ0n) is 7.30. The molecular formula is C9H9ClFNO2. The van der Waals surface area contributed by atoms with E-state index < -0.39 is 12.6 Å². The van der Waals surface area contributed by atoms with Crippen molar-refractivity contribution in [2.75, 3.05) is 19.0 Å². The fourth-order valence-electron chi connectivity index (χ4n) is 0.917. The first-order chi connectivity index (χ1) is 6.66. The monoisotopic (exact) mass is 217 g/mol. The first-order valence-corrected chi connectivity index (χ1v) is 4.31. The molecule has 76 valence electrons. The van der Waals surface area contributed by atoms with Gasteiger partial charge in [0.05, 0.1) is 16.3 Å². The molecular weight excluding hydrogens is 209 g/mol. The number of nitrogens with two attached hydrogens (primary N) is 1. The summed E-state index contributed by atoms with van der Waals surface area (Å²) in [6.07, 6.45) is 0. The van der Waals surface area contributed by atoms with Crippen LogP contribution in [-0.4, -0.2) is 19.3 Å². The lowest BCUT2D eigenvalue weighted by Gasteiger charge is -2.05. The summed E-state index contributed by atoms with van der Waals surface area (Å²) in [6.45, 7) is -0.990. The fraction of sp³-hybridized carbons (Fsp3) is 0.222. The minimum Gasteiger partial charge on any atom is -0.459 e. The van der Waals surface area contributed by atoms with E-state index in [9.17, 15) is 9.18 Å². The number of halogens is 2. The van der Waals surface area contributed by atoms with Crippen LogP contribution in [0.15, 0.2) is 18.2 Å². The van der Waals surface area contributed by atoms with Crippen molar-refractivity contribution in [1.82, 2.24) is 0 Å². The number of carbonyl (C=O) groups excluding carboxylic acids is 1. The standard InChI is InChI=1S/C9H9ClFNO2/c10-8-6(2-1-3-7(8)12)9(13)14-5-4-11/h1-3H,4-5,12H2. The summed E-state index contributed by atoms with van der Waals surface area (Å²) in [7, 11) is 0. The Morgan fingerprint density at radius 3 is 2.93 bits per heavy atom. The molecule has 2 N–H and O–H groups in total. The van der Waals surface area contributed by atoms with Crippen LogP contribution in [-0.2, 0) is 4.74 Å². The van der Waals surface area contributed by atoms with E-state index in [-0.39, 0.29) is 17.2 Å². The molecule has 1 aromatic carbocycles. The molecule has 5 heteroatoms. The van der Waals surface area contributed by atoms with Gasteiger partial charge in [-0.25, -0.2) is 9.18 Å². The van der Waals surface area contributed by atoms with Gasteiger partial charge in [0.1, 0.15) is 13.3 Å². The number of alkyl halides is 1. The Balaban J connectivity index is 2.84. The lowest BCUT2D eigenvalue weighted by atomic mass is 10.2. The molecule has 1 aromatic rings. The molecule has 0 saturated carbocycles. The molecule has 0 amide bonds. The Kier molecular flexibility index (Phi) is 3.71. The summed E-state index contributed by atoms with van der Waals surface area (Å²) in [6, 6.07) is 4.61. The first-order valence-electron chi connectivity index (χ1n) is 3.94. The molecule has 14 heavy (non-hydrogen) atoms. The topological polar surface area (TPSA) is 52.3 Å². The van der Waals surface area contributed by atoms with E-state index in [0.717, 1.165) is 0 Å². The lowest BCUT2D eigenvalue weighted by Crippen LogP contribution is -2.08. The summed E-state index contributed by atoms with van der Waals surface area (Å²) >= 11 is 5.75. The van der Waals surface area contributed by atoms with E-state index in [1.54, 1.807) is 12.1 Å². The van der Waals surface area contributed by atoms with Crippen LogP contribution < -0.4 is 5.73 Å². The average molecular weight is 218 g/mol. The van der Waals surface area contributed by atoms with Crippen molar-refractivity contribution in [3.05, 3.63) is 28.8 Å². The number of benzene rings is 1. The van der Waals surface area contributed by atoms with Crippen LogP contribution in [0.4, 0.5) is 10.1 Å². The first kappa shape index (κ1) is 10.8. The summed E-state index contributed by atoms with van der Waals surface area (Å²) in [4.78, 5) is 11.2. The number of rotatable bonds is 3. The Morgan fingerprint density at radius 2 is 2.29 bits per heavy atom. The van der Waals surface area contributed by atoms with Crippen LogP contribution in [0.5, 0.6) is 0 Å². The Bertz CT molecular complexity index is 344. The van der Waals surface area contributed by atoms with Gasteiger partial charge in [-0.2, -0.15) is 0 Å². The summed E-state index contributed by atoms with van der Waals surface area (Å²) in [5, 5.41) is 0.136. The highest BCUT2D eigenvalue weighted by Gasteiger charge is 2.12. The molecule has 0 spiro atoms. The van der Waals surface area contributed by atoms with Gasteiger partial charge in [-0.05, 0) is 12.1 Å². The van der Waals surface area contributed by atoms with Gasteiger partial charge in [-0.3, -0.25) is 0 Å². The second-order valence-electron chi connectivity index (χ2n) is 2.53. The minimum atomic E-state index is -0.717. The molecule has 0 saturated heterocycles. The number of hydrogen-bond donors (Lipinski definition) is 1. The maximum Gasteiger partial charge on any atom is 0.339 e. The third-order valence-corrected chi connectivity index (χ3v) is 1.98. The Labute approximate surface area is 85.6 Å². The van der Waals surface area contributed by atoms with Gasteiger partial charge in [-0.1, -0.05) is 17.7 Å². The van der Waals surface area contributed by atoms with Crippen LogP contribution in [0.1, 0.15) is 10.4 Å². The second kappa shape index (κ2) is 4.81. The fourth-order valence-corrected chi connectivity index (χ4v) is 1.12. The maximum atomic E-state index is 11.7. The lowest BCUT2D eigenvalue weighted by molar-refractivity contribution is 0.0481. The van der Waals surface area contributed by atoms with Gasteiger partial charge in [0, 0.05) is 0 Å². The zero-order valence-corrected chi connectivity index (χ0v) is 8.05. The molecule has 0 aliphatic rings. The predicted octanol–water partition coefficient (Wildman–Crippen LogP) is 2.05. The maximum absolute atomic E-state index is 11.7. The van der Waals surface area contributed by atoms with E-state index in [1.165, 1.54) is 6.07 Å². The molecule has 0 atom stereocenters. The van der Waals surface area contributed by atoms with Crippen molar-refractivity contribution in [3.8, 4) is 0 Å². The molecule has 0 radical (unpaired) electrons. The van der Waals surface area contributed by atoms with Gasteiger partial charge in [-0.15, -0.1) is 0 Å². The summed E-state index contributed by atoms with van der Waals surface area (Å²) < 4.78 is 16.3. The molecule has 1 rings (SSSR count). The van der Waals surface area contributed by atoms with E-state index in [1.807, 2.05) is 0 Å². The van der Waals surface area contributed by atoms with E-state index >= 15 is 0 Å². The van der Waals surface area contributed by atoms with Crippen molar-refractivity contribution in [2.24, 2.45) is 0 Å². The third-order valence-electron chi connectivity index (χ3n) is 1.56. The van der Waals surface area contributed by atoms with Gasteiger partial charge >= 0.3 is 5.97 Å². The van der Waals surface area contributed by atoms with Crippen molar-refractivity contribution in [3.63, 3.8) is 0 Å². The highest BCUT2D eigenvalue weighted by Crippen LogP contribution is 2.23. The normalized spacial score (nSPS) is 9.86. The molecule has 0 aromatic heterocycles. The van der Waals surface area contributed by atoms with Gasteiger partial charge in [0.2, 0.25) is 0 Å². The van der Waals surface area contributed by atoms with Gasteiger partial charge < -0.3 is 10.5 Å². The van der Waals surface area contributed by atoms with Gasteiger partial charge in [0.15, 0.2) is 0 Å². The van der Waals surface area contributed by atoms with Crippen molar-refractivity contribution < 1.29 is 13.9 Å². The van der Waals surface area contributed by atoms with Crippen LogP contribution in [0, 0.1) is 0 Å². The SMILES string of the molecule is Nc1cccc(C(=O)OCCF)c1Cl.